The molecule has 7 heteroatoms. The molecule has 2 aromatic rings. The number of fused-ring (bicyclic) bond motifs is 1. The van der Waals surface area contributed by atoms with Crippen molar-refractivity contribution in [1.82, 2.24) is 9.38 Å². The van der Waals surface area contributed by atoms with E-state index in [0.29, 0.717) is 17.4 Å². The van der Waals surface area contributed by atoms with Crippen LogP contribution >= 0.6 is 0 Å². The van der Waals surface area contributed by atoms with E-state index in [1.807, 2.05) is 19.1 Å². The number of methoxy groups -OCH3 is 1. The fourth-order valence-corrected chi connectivity index (χ4v) is 3.28. The first-order chi connectivity index (χ1) is 13.0. The summed E-state index contributed by atoms with van der Waals surface area (Å²) in [7, 11) is 1.20. The van der Waals surface area contributed by atoms with E-state index >= 15 is 0 Å². The minimum Gasteiger partial charge on any atom is -0.465 e. The SMILES string of the molecule is COC(=O)/C(C#N)=C\c1c(N2CCC(C)CC2)nc2c(C)cccn2c1=O. The van der Waals surface area contributed by atoms with E-state index in [1.165, 1.54) is 17.6 Å². The van der Waals surface area contributed by atoms with Crippen LogP contribution < -0.4 is 10.5 Å². The van der Waals surface area contributed by atoms with Crippen LogP contribution in [0, 0.1) is 24.2 Å². The van der Waals surface area contributed by atoms with Crippen molar-refractivity contribution in [3.05, 3.63) is 45.4 Å². The smallest absolute Gasteiger partial charge is 0.348 e. The summed E-state index contributed by atoms with van der Waals surface area (Å²) in [5.74, 6) is 0.357. The van der Waals surface area contributed by atoms with Gasteiger partial charge in [0, 0.05) is 19.3 Å². The summed E-state index contributed by atoms with van der Waals surface area (Å²) in [5.41, 5.74) is 1.15. The van der Waals surface area contributed by atoms with Gasteiger partial charge in [0.25, 0.3) is 5.56 Å². The molecule has 7 nitrogen and oxygen atoms in total. The number of ether oxygens (including phenoxy) is 1. The highest BCUT2D eigenvalue weighted by Crippen LogP contribution is 2.25. The van der Waals surface area contributed by atoms with Crippen LogP contribution in [0.15, 0.2) is 28.7 Å². The summed E-state index contributed by atoms with van der Waals surface area (Å²) in [4.78, 5) is 31.8. The molecule has 27 heavy (non-hydrogen) atoms. The minimum absolute atomic E-state index is 0.226. The number of hydrogen-bond donors (Lipinski definition) is 0. The Labute approximate surface area is 157 Å². The zero-order valence-corrected chi connectivity index (χ0v) is 15.7. The van der Waals surface area contributed by atoms with Gasteiger partial charge >= 0.3 is 5.97 Å². The molecule has 3 rings (SSSR count). The number of anilines is 1. The van der Waals surface area contributed by atoms with Gasteiger partial charge in [0.15, 0.2) is 0 Å². The molecule has 0 unspecified atom stereocenters. The largest absolute Gasteiger partial charge is 0.465 e. The zero-order chi connectivity index (χ0) is 19.6. The molecule has 3 heterocycles. The topological polar surface area (TPSA) is 87.7 Å². The fraction of sp³-hybridized carbons (Fsp3) is 0.400. The molecule has 2 aromatic heterocycles. The van der Waals surface area contributed by atoms with Gasteiger partial charge in [-0.1, -0.05) is 13.0 Å². The first-order valence-corrected chi connectivity index (χ1v) is 8.93. The van der Waals surface area contributed by atoms with Crippen LogP contribution in [0.1, 0.15) is 30.9 Å². The van der Waals surface area contributed by atoms with E-state index in [4.69, 9.17) is 4.98 Å². The third-order valence-electron chi connectivity index (χ3n) is 4.96. The van der Waals surface area contributed by atoms with Gasteiger partial charge in [0.05, 0.1) is 12.7 Å². The number of carbonyl (C=O) groups excluding carboxylic acids is 1. The highest BCUT2D eigenvalue weighted by molar-refractivity contribution is 5.98. The monoisotopic (exact) mass is 366 g/mol. The molecule has 0 aromatic carbocycles. The van der Waals surface area contributed by atoms with Crippen LogP contribution in [-0.4, -0.2) is 35.6 Å². The van der Waals surface area contributed by atoms with E-state index in [2.05, 4.69) is 16.6 Å². The van der Waals surface area contributed by atoms with Gasteiger partial charge in [-0.3, -0.25) is 9.20 Å². The number of aromatic nitrogens is 2. The standard InChI is InChI=1S/C20H22N4O3/c1-13-6-9-23(10-7-13)18-16(11-15(12-21)20(26)27-3)19(25)24-8-4-5-14(2)17(24)22-18/h4-5,8,11,13H,6-7,9-10H2,1-3H3/b15-11-. The van der Waals surface area contributed by atoms with E-state index in [0.717, 1.165) is 31.5 Å². The predicted molar refractivity (Wildman–Crippen MR) is 102 cm³/mol. The summed E-state index contributed by atoms with van der Waals surface area (Å²) in [6, 6.07) is 5.49. The molecule has 1 aliphatic heterocycles. The van der Waals surface area contributed by atoms with Crippen molar-refractivity contribution in [2.24, 2.45) is 5.92 Å². The molecule has 0 atom stereocenters. The molecule has 0 bridgehead atoms. The van der Waals surface area contributed by atoms with Crippen LogP contribution in [0.4, 0.5) is 5.82 Å². The third kappa shape index (κ3) is 3.56. The van der Waals surface area contributed by atoms with Gasteiger partial charge in [-0.05, 0) is 43.4 Å². The van der Waals surface area contributed by atoms with Crippen LogP contribution in [0.5, 0.6) is 0 Å². The number of carbonyl (C=O) groups is 1. The summed E-state index contributed by atoms with van der Waals surface area (Å²) in [5, 5.41) is 9.31. The lowest BCUT2D eigenvalue weighted by Crippen LogP contribution is -2.36. The Bertz CT molecular complexity index is 1010. The molecule has 1 saturated heterocycles. The first kappa shape index (κ1) is 18.6. The van der Waals surface area contributed by atoms with Crippen molar-refractivity contribution in [3.63, 3.8) is 0 Å². The Kier molecular flexibility index (Phi) is 5.26. The quantitative estimate of drug-likeness (QED) is 0.471. The maximum absolute atomic E-state index is 13.2. The molecule has 0 amide bonds. The Morgan fingerprint density at radius 1 is 1.41 bits per heavy atom. The fourth-order valence-electron chi connectivity index (χ4n) is 3.28. The summed E-state index contributed by atoms with van der Waals surface area (Å²) in [6.45, 7) is 5.65. The lowest BCUT2D eigenvalue weighted by atomic mass is 9.99. The maximum atomic E-state index is 13.2. The Morgan fingerprint density at radius 2 is 2.11 bits per heavy atom. The van der Waals surface area contributed by atoms with Crippen LogP contribution in [0.25, 0.3) is 11.7 Å². The molecule has 0 aliphatic carbocycles. The van der Waals surface area contributed by atoms with Gasteiger partial charge in [0.2, 0.25) is 0 Å². The van der Waals surface area contributed by atoms with Crippen molar-refractivity contribution in [3.8, 4) is 6.07 Å². The van der Waals surface area contributed by atoms with Crippen molar-refractivity contribution in [2.75, 3.05) is 25.1 Å². The van der Waals surface area contributed by atoms with Crippen LogP contribution in [-0.2, 0) is 9.53 Å². The van der Waals surface area contributed by atoms with E-state index in [9.17, 15) is 14.9 Å². The minimum atomic E-state index is -0.774. The number of nitriles is 1. The lowest BCUT2D eigenvalue weighted by molar-refractivity contribution is -0.135. The van der Waals surface area contributed by atoms with Gasteiger partial charge < -0.3 is 9.64 Å². The number of hydrogen-bond acceptors (Lipinski definition) is 6. The van der Waals surface area contributed by atoms with E-state index < -0.39 is 5.97 Å². The average molecular weight is 366 g/mol. The summed E-state index contributed by atoms with van der Waals surface area (Å²) >= 11 is 0. The maximum Gasteiger partial charge on any atom is 0.348 e. The summed E-state index contributed by atoms with van der Waals surface area (Å²) in [6.07, 6.45) is 4.94. The van der Waals surface area contributed by atoms with Crippen LogP contribution in [0.2, 0.25) is 0 Å². The molecular weight excluding hydrogens is 344 g/mol. The molecular formula is C20H22N4O3. The number of rotatable bonds is 3. The number of aryl methyl sites for hydroxylation is 1. The Hall–Kier alpha value is -3.14. The van der Waals surface area contributed by atoms with Crippen molar-refractivity contribution < 1.29 is 9.53 Å². The highest BCUT2D eigenvalue weighted by Gasteiger charge is 2.23. The van der Waals surface area contributed by atoms with Crippen molar-refractivity contribution >= 4 is 23.5 Å². The molecule has 0 spiro atoms. The molecule has 0 N–H and O–H groups in total. The number of esters is 1. The first-order valence-electron chi connectivity index (χ1n) is 8.93. The molecule has 0 saturated carbocycles. The average Bonchev–Trinajstić information content (AvgIpc) is 2.68. The normalized spacial score (nSPS) is 15.6. The summed E-state index contributed by atoms with van der Waals surface area (Å²) < 4.78 is 6.10. The number of piperidine rings is 1. The highest BCUT2D eigenvalue weighted by atomic mass is 16.5. The predicted octanol–water partition coefficient (Wildman–Crippen LogP) is 2.32. The van der Waals surface area contributed by atoms with E-state index in [-0.39, 0.29) is 16.7 Å². The number of pyridine rings is 1. The van der Waals surface area contributed by atoms with E-state index in [1.54, 1.807) is 12.3 Å². The van der Waals surface area contributed by atoms with Crippen molar-refractivity contribution in [1.29, 1.82) is 5.26 Å². The van der Waals surface area contributed by atoms with Crippen LogP contribution in [0.3, 0.4) is 0 Å². The number of nitrogens with zero attached hydrogens (tertiary/aromatic N) is 4. The second kappa shape index (κ2) is 7.62. The lowest BCUT2D eigenvalue weighted by Gasteiger charge is -2.32. The van der Waals surface area contributed by atoms with Gasteiger partial charge in [-0.2, -0.15) is 5.26 Å². The molecule has 0 radical (unpaired) electrons. The zero-order valence-electron chi connectivity index (χ0n) is 15.7. The molecule has 1 fully saturated rings. The Morgan fingerprint density at radius 3 is 2.74 bits per heavy atom. The van der Waals surface area contributed by atoms with Gasteiger partial charge in [-0.25, -0.2) is 9.78 Å². The third-order valence-corrected chi connectivity index (χ3v) is 4.96. The Balaban J connectivity index is 2.26. The molecule has 140 valence electrons. The second-order valence-corrected chi connectivity index (χ2v) is 6.87. The van der Waals surface area contributed by atoms with Gasteiger partial charge in [0.1, 0.15) is 23.1 Å². The van der Waals surface area contributed by atoms with Crippen molar-refractivity contribution in [2.45, 2.75) is 26.7 Å². The second-order valence-electron chi connectivity index (χ2n) is 6.87. The van der Waals surface area contributed by atoms with Gasteiger partial charge in [-0.15, -0.1) is 0 Å². The molecule has 1 aliphatic rings.